The number of ether oxygens (including phenoxy) is 2. The number of halogens is 4. The Morgan fingerprint density at radius 2 is 1.91 bits per heavy atom. The van der Waals surface area contributed by atoms with Crippen LogP contribution in [0.5, 0.6) is 5.75 Å². The molecule has 3 aromatic rings. The lowest BCUT2D eigenvalue weighted by Gasteiger charge is -2.43. The monoisotopic (exact) mass is 771 g/mol. The fourth-order valence-corrected chi connectivity index (χ4v) is 9.24. The van der Waals surface area contributed by atoms with Crippen molar-refractivity contribution >= 4 is 39.0 Å². The first-order valence-corrected chi connectivity index (χ1v) is 20.2. The Kier molecular flexibility index (Phi) is 12.5. The molecule has 2 bridgehead atoms. The second-order valence-electron chi connectivity index (χ2n) is 14.0. The molecule has 2 heterocycles. The Hall–Kier alpha value is -3.87. The summed E-state index contributed by atoms with van der Waals surface area (Å²) in [5.74, 6) is -0.465. The van der Waals surface area contributed by atoms with E-state index < -0.39 is 33.5 Å². The lowest BCUT2D eigenvalue weighted by Crippen LogP contribution is -2.43. The molecule has 284 valence electrons. The molecule has 3 aliphatic rings. The molecule has 1 fully saturated rings. The summed E-state index contributed by atoms with van der Waals surface area (Å²) in [6.07, 6.45) is 4.12. The normalized spacial score (nSPS) is 24.6. The first-order valence-electron chi connectivity index (χ1n) is 18.2. The number of allylic oxidation sites excluding steroid dienone is 1. The number of carbonyl (C=O) groups is 2. The first-order chi connectivity index (χ1) is 25.4. The quantitative estimate of drug-likeness (QED) is 0.261. The van der Waals surface area contributed by atoms with Crippen LogP contribution < -0.4 is 14.4 Å². The molecule has 0 aromatic heterocycles. The molecule has 1 unspecified atom stereocenters. The Labute approximate surface area is 314 Å². The number of benzene rings is 3. The summed E-state index contributed by atoms with van der Waals surface area (Å²) in [4.78, 5) is 29.3. The predicted molar refractivity (Wildman–Crippen MR) is 200 cm³/mol. The maximum absolute atomic E-state index is 14.3. The summed E-state index contributed by atoms with van der Waals surface area (Å²) in [6.45, 7) is 1.69. The number of hydrogen-bond donors (Lipinski definition) is 1. The molecule has 1 aliphatic carbocycles. The van der Waals surface area contributed by atoms with Crippen LogP contribution in [0.2, 0.25) is 5.02 Å². The lowest BCUT2D eigenvalue weighted by atomic mass is 9.70. The lowest BCUT2D eigenvalue weighted by molar-refractivity contribution is -0.138. The van der Waals surface area contributed by atoms with Crippen LogP contribution in [-0.4, -0.2) is 48.1 Å². The number of carbonyl (C=O) groups excluding carboxylic acids is 2. The van der Waals surface area contributed by atoms with Gasteiger partial charge in [-0.15, -0.1) is 4.36 Å². The summed E-state index contributed by atoms with van der Waals surface area (Å²) in [5.41, 5.74) is 2.29. The van der Waals surface area contributed by atoms with Gasteiger partial charge >= 0.3 is 6.18 Å². The van der Waals surface area contributed by atoms with Gasteiger partial charge in [-0.2, -0.15) is 13.2 Å². The van der Waals surface area contributed by atoms with Gasteiger partial charge in [-0.1, -0.05) is 48.0 Å². The van der Waals surface area contributed by atoms with Crippen LogP contribution in [0, 0.1) is 11.8 Å². The number of alkyl halides is 3. The molecule has 6 rings (SSSR count). The number of amides is 2. The zero-order valence-electron chi connectivity index (χ0n) is 29.7. The van der Waals surface area contributed by atoms with E-state index in [0.717, 1.165) is 49.3 Å². The van der Waals surface area contributed by atoms with E-state index in [4.69, 9.17) is 21.1 Å². The zero-order chi connectivity index (χ0) is 37.6. The van der Waals surface area contributed by atoms with Gasteiger partial charge in [0.2, 0.25) is 5.91 Å². The minimum absolute atomic E-state index is 0.0527. The van der Waals surface area contributed by atoms with Gasteiger partial charge in [0.15, 0.2) is 0 Å². The summed E-state index contributed by atoms with van der Waals surface area (Å²) in [6, 6.07) is 16.0. The highest BCUT2D eigenvalue weighted by atomic mass is 35.5. The summed E-state index contributed by atoms with van der Waals surface area (Å²) in [5, 5.41) is 0.674. The Morgan fingerprint density at radius 1 is 1.08 bits per heavy atom. The molecule has 0 saturated heterocycles. The van der Waals surface area contributed by atoms with Crippen LogP contribution in [0.1, 0.15) is 77.6 Å². The van der Waals surface area contributed by atoms with Crippen LogP contribution in [0.25, 0.3) is 0 Å². The number of nitrogens with one attached hydrogen (secondary N) is 1. The molecule has 2 amide bonds. The third kappa shape index (κ3) is 9.82. The van der Waals surface area contributed by atoms with Crippen molar-refractivity contribution < 1.29 is 36.4 Å². The molecule has 13 heteroatoms. The molecule has 3 aromatic carbocycles. The van der Waals surface area contributed by atoms with Crippen molar-refractivity contribution in [2.75, 3.05) is 30.9 Å². The van der Waals surface area contributed by atoms with Crippen LogP contribution in [0.3, 0.4) is 0 Å². The molecule has 8 nitrogen and oxygen atoms in total. The minimum Gasteiger partial charge on any atom is -0.491 e. The van der Waals surface area contributed by atoms with Gasteiger partial charge < -0.3 is 14.4 Å². The van der Waals surface area contributed by atoms with E-state index in [1.54, 1.807) is 25.3 Å². The van der Waals surface area contributed by atoms with E-state index in [9.17, 15) is 27.0 Å². The fraction of sp³-hybridized carbons (Fsp3) is 0.450. The number of rotatable bonds is 5. The average molecular weight is 772 g/mol. The van der Waals surface area contributed by atoms with E-state index in [2.05, 4.69) is 20.1 Å². The van der Waals surface area contributed by atoms with Crippen molar-refractivity contribution in [3.63, 3.8) is 0 Å². The molecule has 53 heavy (non-hydrogen) atoms. The molecule has 1 saturated carbocycles. The Balaban J connectivity index is 1.36. The summed E-state index contributed by atoms with van der Waals surface area (Å²) in [7, 11) is -1.96. The van der Waals surface area contributed by atoms with Gasteiger partial charge in [0, 0.05) is 37.2 Å². The van der Waals surface area contributed by atoms with Crippen LogP contribution in [0.4, 0.5) is 18.9 Å². The number of methoxy groups -OCH3 is 1. The smallest absolute Gasteiger partial charge is 0.416 e. The summed E-state index contributed by atoms with van der Waals surface area (Å²) >= 11 is 6.44. The van der Waals surface area contributed by atoms with Crippen LogP contribution in [-0.2, 0) is 45.0 Å². The standard InChI is InChI=1S/C40H45ClF3N3O5S/c1-51-36-12-3-2-8-22-53(50,45-38(48)20-16-27-9-4-5-11-34(27)40(42,43)44)46-39(49)29-15-19-37-35(24-29)47(26-31-14-18-33(31)36)25-30-13-17-32(41)23-28(30)10-6-7-21-52-37/h3-5,9,11-13,15,17,19,23-24,31,33,36H,2,6-8,10,14,16,18,20-22,25-26H2,1H3,(H,45,46,48,49,50)/b12-3+/t31-,33+,36-,53?/m0/s1. The number of nitrogens with zero attached hydrogens (tertiary/aromatic N) is 2. The molecular weight excluding hydrogens is 727 g/mol. The molecule has 0 spiro atoms. The highest BCUT2D eigenvalue weighted by molar-refractivity contribution is 7.92. The SMILES string of the molecule is CO[C@H]1/C=C/CCCS(=O)(NC(=O)CCc2ccccc2C(F)(F)F)=NC(=O)c2ccc3c(c2)N(Cc2ccc(Cl)cc2CCCCO3)C[C@@H]2CC[C@H]21. The van der Waals surface area contributed by atoms with Crippen molar-refractivity contribution in [3.8, 4) is 5.75 Å². The predicted octanol–water partition coefficient (Wildman–Crippen LogP) is 8.74. The average Bonchev–Trinajstić information content (AvgIpc) is 3.14. The topological polar surface area (TPSA) is 97.3 Å². The van der Waals surface area contributed by atoms with E-state index in [-0.39, 0.29) is 41.7 Å². The molecule has 4 atom stereocenters. The van der Waals surface area contributed by atoms with Crippen molar-refractivity contribution in [2.24, 2.45) is 16.2 Å². The van der Waals surface area contributed by atoms with Crippen molar-refractivity contribution in [3.05, 3.63) is 106 Å². The number of anilines is 1. The maximum atomic E-state index is 14.3. The summed E-state index contributed by atoms with van der Waals surface area (Å²) < 4.78 is 73.8. The highest BCUT2D eigenvalue weighted by Gasteiger charge is 2.38. The van der Waals surface area contributed by atoms with Gasteiger partial charge in [-0.25, -0.2) is 4.21 Å². The third-order valence-corrected chi connectivity index (χ3v) is 12.4. The molecule has 2 aliphatic heterocycles. The number of aryl methyl sites for hydroxylation is 2. The Morgan fingerprint density at radius 3 is 2.68 bits per heavy atom. The van der Waals surface area contributed by atoms with Crippen molar-refractivity contribution in [1.82, 2.24) is 4.72 Å². The highest BCUT2D eigenvalue weighted by Crippen LogP contribution is 2.42. The van der Waals surface area contributed by atoms with Gasteiger partial charge in [0.25, 0.3) is 5.91 Å². The van der Waals surface area contributed by atoms with E-state index in [1.807, 2.05) is 24.3 Å². The van der Waals surface area contributed by atoms with Gasteiger partial charge in [-0.3, -0.25) is 14.3 Å². The van der Waals surface area contributed by atoms with Crippen LogP contribution >= 0.6 is 11.6 Å². The number of hydrogen-bond acceptors (Lipinski definition) is 6. The molecule has 0 radical (unpaired) electrons. The van der Waals surface area contributed by atoms with E-state index in [0.29, 0.717) is 54.9 Å². The minimum atomic E-state index is -4.58. The maximum Gasteiger partial charge on any atom is 0.416 e. The van der Waals surface area contributed by atoms with Crippen molar-refractivity contribution in [1.29, 1.82) is 0 Å². The second-order valence-corrected chi connectivity index (χ2v) is 16.5. The molecular formula is C40H45ClF3N3O5S. The number of fused-ring (bicyclic) bond motifs is 3. The van der Waals surface area contributed by atoms with Gasteiger partial charge in [-0.05, 0) is 116 Å². The fourth-order valence-electron chi connectivity index (χ4n) is 7.41. The zero-order valence-corrected chi connectivity index (χ0v) is 31.3. The van der Waals surface area contributed by atoms with E-state index in [1.165, 1.54) is 18.2 Å². The largest absolute Gasteiger partial charge is 0.491 e. The Bertz CT molecular complexity index is 1960. The third-order valence-electron chi connectivity index (χ3n) is 10.4. The molecule has 1 N–H and O–H groups in total. The van der Waals surface area contributed by atoms with E-state index >= 15 is 0 Å². The van der Waals surface area contributed by atoms with Crippen molar-refractivity contribution in [2.45, 2.75) is 76.6 Å². The second kappa shape index (κ2) is 17.1. The van der Waals surface area contributed by atoms with Crippen LogP contribution in [0.15, 0.2) is 77.2 Å². The van der Waals surface area contributed by atoms with Gasteiger partial charge in [0.05, 0.1) is 29.7 Å². The first kappa shape index (κ1) is 38.8. The van der Waals surface area contributed by atoms with Gasteiger partial charge in [0.1, 0.15) is 15.7 Å².